The molecule has 0 unspecified atom stereocenters. The molecule has 3 aromatic rings. The zero-order valence-electron chi connectivity index (χ0n) is 17.6. The highest BCUT2D eigenvalue weighted by atomic mass is 19.4. The molecule has 0 aromatic heterocycles. The Balaban J connectivity index is 1.87. The molecule has 0 N–H and O–H groups in total. The van der Waals surface area contributed by atoms with Crippen LogP contribution in [0.15, 0.2) is 66.7 Å². The molecular formula is C25H18F3NO4. The van der Waals surface area contributed by atoms with Crippen LogP contribution in [0.5, 0.6) is 11.5 Å². The van der Waals surface area contributed by atoms with Crippen LogP contribution >= 0.6 is 0 Å². The highest BCUT2D eigenvalue weighted by Crippen LogP contribution is 2.37. The van der Waals surface area contributed by atoms with E-state index in [1.54, 1.807) is 42.5 Å². The number of fused-ring (bicyclic) bond motifs is 1. The number of methoxy groups -OCH3 is 2. The Morgan fingerprint density at radius 3 is 2.15 bits per heavy atom. The third kappa shape index (κ3) is 4.07. The van der Waals surface area contributed by atoms with Gasteiger partial charge in [-0.25, -0.2) is 4.90 Å². The zero-order valence-corrected chi connectivity index (χ0v) is 17.6. The molecule has 1 aliphatic heterocycles. The maximum absolute atomic E-state index is 13.4. The Morgan fingerprint density at radius 2 is 1.48 bits per heavy atom. The Hall–Kier alpha value is -4.07. The number of carbonyl (C=O) groups excluding carboxylic acids is 2. The van der Waals surface area contributed by atoms with E-state index >= 15 is 0 Å². The van der Waals surface area contributed by atoms with E-state index in [-0.39, 0.29) is 16.8 Å². The van der Waals surface area contributed by atoms with Gasteiger partial charge in [0.1, 0.15) is 0 Å². The molecule has 4 rings (SSSR count). The van der Waals surface area contributed by atoms with Crippen LogP contribution in [0.2, 0.25) is 0 Å². The number of hydrogen-bond donors (Lipinski definition) is 0. The predicted octanol–water partition coefficient (Wildman–Crippen LogP) is 5.45. The molecule has 8 heteroatoms. The lowest BCUT2D eigenvalue weighted by molar-refractivity contribution is -0.137. The van der Waals surface area contributed by atoms with Crippen LogP contribution in [0.3, 0.4) is 0 Å². The van der Waals surface area contributed by atoms with Gasteiger partial charge in [0.2, 0.25) is 0 Å². The van der Waals surface area contributed by atoms with Crippen LogP contribution < -0.4 is 14.4 Å². The van der Waals surface area contributed by atoms with Crippen molar-refractivity contribution in [2.75, 3.05) is 19.1 Å². The molecule has 0 saturated carbocycles. The molecule has 3 aromatic carbocycles. The first-order valence-corrected chi connectivity index (χ1v) is 9.83. The molecule has 0 fully saturated rings. The van der Waals surface area contributed by atoms with Gasteiger partial charge in [0.25, 0.3) is 11.8 Å². The van der Waals surface area contributed by atoms with Gasteiger partial charge < -0.3 is 9.47 Å². The summed E-state index contributed by atoms with van der Waals surface area (Å²) >= 11 is 0. The van der Waals surface area contributed by atoms with Crippen molar-refractivity contribution in [2.24, 2.45) is 0 Å². The third-order valence-corrected chi connectivity index (χ3v) is 5.23. The summed E-state index contributed by atoms with van der Waals surface area (Å²) in [6, 6.07) is 15.6. The van der Waals surface area contributed by atoms with E-state index in [2.05, 4.69) is 0 Å². The Bertz CT molecular complexity index is 1280. The average Bonchev–Trinajstić information content (AvgIpc) is 2.81. The summed E-state index contributed by atoms with van der Waals surface area (Å²) in [6.45, 7) is 0. The monoisotopic (exact) mass is 453 g/mol. The van der Waals surface area contributed by atoms with Gasteiger partial charge in [-0.05, 0) is 53.6 Å². The van der Waals surface area contributed by atoms with Crippen LogP contribution in [0.1, 0.15) is 27.0 Å². The second-order valence-corrected chi connectivity index (χ2v) is 7.21. The van der Waals surface area contributed by atoms with Crippen molar-refractivity contribution in [2.45, 2.75) is 6.18 Å². The van der Waals surface area contributed by atoms with E-state index in [0.717, 1.165) is 23.1 Å². The first kappa shape index (κ1) is 22.1. The van der Waals surface area contributed by atoms with Gasteiger partial charge in [0.15, 0.2) is 11.5 Å². The Morgan fingerprint density at radius 1 is 0.788 bits per heavy atom. The summed E-state index contributed by atoms with van der Waals surface area (Å²) in [5.74, 6) is -0.489. The fourth-order valence-corrected chi connectivity index (χ4v) is 3.66. The number of carbonyl (C=O) groups is 2. The molecule has 2 amide bonds. The van der Waals surface area contributed by atoms with E-state index < -0.39 is 23.6 Å². The average molecular weight is 453 g/mol. The van der Waals surface area contributed by atoms with E-state index in [0.29, 0.717) is 22.6 Å². The molecule has 0 radical (unpaired) electrons. The summed E-state index contributed by atoms with van der Waals surface area (Å²) < 4.78 is 50.3. The first-order chi connectivity index (χ1) is 15.7. The van der Waals surface area contributed by atoms with E-state index in [1.807, 2.05) is 0 Å². The number of anilines is 1. The summed E-state index contributed by atoms with van der Waals surface area (Å²) in [5, 5.41) is 0. The van der Waals surface area contributed by atoms with E-state index in [1.165, 1.54) is 26.4 Å². The molecule has 0 spiro atoms. The zero-order chi connectivity index (χ0) is 23.8. The quantitative estimate of drug-likeness (QED) is 0.389. The van der Waals surface area contributed by atoms with Crippen LogP contribution in [-0.2, 0) is 11.0 Å². The molecule has 168 valence electrons. The minimum atomic E-state index is -4.62. The lowest BCUT2D eigenvalue weighted by Crippen LogP contribution is -2.41. The van der Waals surface area contributed by atoms with Crippen LogP contribution in [0.25, 0.3) is 11.6 Å². The predicted molar refractivity (Wildman–Crippen MR) is 117 cm³/mol. The normalized spacial score (nSPS) is 14.9. The number of benzene rings is 3. The largest absolute Gasteiger partial charge is 0.493 e. The maximum Gasteiger partial charge on any atom is 0.416 e. The standard InChI is InChI=1S/C25H18F3NO4/c1-32-21-11-10-15(13-22(21)33-2)12-20-18-8-3-4-9-19(18)23(30)29(24(20)31)17-7-5-6-16(14-17)25(26,27)28/h3-14H,1-2H3/b20-12-. The van der Waals surface area contributed by atoms with Gasteiger partial charge in [-0.2, -0.15) is 13.2 Å². The van der Waals surface area contributed by atoms with Gasteiger partial charge in [0, 0.05) is 11.1 Å². The molecule has 0 aliphatic carbocycles. The minimum Gasteiger partial charge on any atom is -0.493 e. The molecule has 5 nitrogen and oxygen atoms in total. The Kier molecular flexibility index (Phi) is 5.68. The van der Waals surface area contributed by atoms with Crippen molar-refractivity contribution in [3.05, 3.63) is 89.0 Å². The van der Waals surface area contributed by atoms with Crippen molar-refractivity contribution >= 4 is 29.2 Å². The van der Waals surface area contributed by atoms with Crippen molar-refractivity contribution in [1.82, 2.24) is 0 Å². The number of halogens is 3. The van der Waals surface area contributed by atoms with E-state index in [4.69, 9.17) is 9.47 Å². The van der Waals surface area contributed by atoms with E-state index in [9.17, 15) is 22.8 Å². The summed E-state index contributed by atoms with van der Waals surface area (Å²) in [7, 11) is 2.97. The number of nitrogens with zero attached hydrogens (tertiary/aromatic N) is 1. The highest BCUT2D eigenvalue weighted by molar-refractivity contribution is 6.43. The molecule has 0 saturated heterocycles. The topological polar surface area (TPSA) is 55.8 Å². The number of imide groups is 1. The lowest BCUT2D eigenvalue weighted by Gasteiger charge is -2.29. The minimum absolute atomic E-state index is 0.160. The molecule has 1 aliphatic rings. The highest BCUT2D eigenvalue weighted by Gasteiger charge is 2.37. The molecule has 0 bridgehead atoms. The van der Waals surface area contributed by atoms with Crippen LogP contribution in [-0.4, -0.2) is 26.0 Å². The number of ether oxygens (including phenoxy) is 2. The number of alkyl halides is 3. The molecule has 33 heavy (non-hydrogen) atoms. The second-order valence-electron chi connectivity index (χ2n) is 7.21. The third-order valence-electron chi connectivity index (χ3n) is 5.23. The summed E-state index contributed by atoms with van der Waals surface area (Å²) in [5.41, 5.74) is 0.239. The van der Waals surface area contributed by atoms with Gasteiger partial charge in [0.05, 0.1) is 25.5 Å². The Labute approximate surface area is 187 Å². The molecular weight excluding hydrogens is 435 g/mol. The first-order valence-electron chi connectivity index (χ1n) is 9.83. The number of rotatable bonds is 4. The van der Waals surface area contributed by atoms with Crippen molar-refractivity contribution in [3.8, 4) is 11.5 Å². The maximum atomic E-state index is 13.4. The van der Waals surface area contributed by atoms with Crippen molar-refractivity contribution in [3.63, 3.8) is 0 Å². The van der Waals surface area contributed by atoms with Gasteiger partial charge in [-0.3, -0.25) is 9.59 Å². The van der Waals surface area contributed by atoms with Crippen LogP contribution in [0, 0.1) is 0 Å². The number of hydrogen-bond acceptors (Lipinski definition) is 4. The van der Waals surface area contributed by atoms with Crippen LogP contribution in [0.4, 0.5) is 18.9 Å². The smallest absolute Gasteiger partial charge is 0.416 e. The fraction of sp³-hybridized carbons (Fsp3) is 0.120. The lowest BCUT2D eigenvalue weighted by atomic mass is 9.91. The second kappa shape index (κ2) is 8.46. The van der Waals surface area contributed by atoms with Crippen molar-refractivity contribution < 1.29 is 32.2 Å². The fourth-order valence-electron chi connectivity index (χ4n) is 3.66. The molecule has 1 heterocycles. The number of amides is 2. The SMILES string of the molecule is COc1ccc(/C=C2\C(=O)N(c3cccc(C(F)(F)F)c3)C(=O)c3ccccc32)cc1OC. The van der Waals surface area contributed by atoms with Gasteiger partial charge in [-0.15, -0.1) is 0 Å². The van der Waals surface area contributed by atoms with Crippen molar-refractivity contribution in [1.29, 1.82) is 0 Å². The summed E-state index contributed by atoms with van der Waals surface area (Å²) in [4.78, 5) is 27.3. The van der Waals surface area contributed by atoms with Gasteiger partial charge in [-0.1, -0.05) is 30.3 Å². The van der Waals surface area contributed by atoms with Gasteiger partial charge >= 0.3 is 6.18 Å². The molecule has 0 atom stereocenters. The summed E-state index contributed by atoms with van der Waals surface area (Å²) in [6.07, 6.45) is -3.05.